The molecule has 5 rings (SSSR count). The number of halogens is 3. The smallest absolute Gasteiger partial charge is 0.231 e. The van der Waals surface area contributed by atoms with Gasteiger partial charge in [-0.3, -0.25) is 0 Å². The third-order valence-electron chi connectivity index (χ3n) is 5.58. The molecule has 3 heterocycles. The summed E-state index contributed by atoms with van der Waals surface area (Å²) in [5.74, 6) is 0.781. The molecular formula is C20H15BrCl2N4O3. The lowest BCUT2D eigenvalue weighted by Gasteiger charge is -2.36. The largest absolute Gasteiger partial charge is 0.458 e. The van der Waals surface area contributed by atoms with Crippen molar-refractivity contribution in [2.45, 2.75) is 18.2 Å². The van der Waals surface area contributed by atoms with Crippen LogP contribution < -0.4 is 26.1 Å². The van der Waals surface area contributed by atoms with Crippen LogP contribution in [0.15, 0.2) is 46.3 Å². The van der Waals surface area contributed by atoms with E-state index in [0.717, 1.165) is 15.6 Å². The Balaban J connectivity index is 1.65. The van der Waals surface area contributed by atoms with E-state index >= 15 is 0 Å². The van der Waals surface area contributed by atoms with Crippen LogP contribution in [0, 0.1) is 17.2 Å². The first-order valence-corrected chi connectivity index (χ1v) is 10.6. The van der Waals surface area contributed by atoms with E-state index in [-0.39, 0.29) is 30.6 Å². The predicted octanol–water partition coefficient (Wildman–Crippen LogP) is 4.08. The molecule has 1 saturated heterocycles. The maximum Gasteiger partial charge on any atom is 0.231 e. The van der Waals surface area contributed by atoms with E-state index in [1.54, 1.807) is 6.07 Å². The summed E-state index contributed by atoms with van der Waals surface area (Å²) in [6.07, 6.45) is -0.455. The first-order valence-electron chi connectivity index (χ1n) is 9.09. The topological polar surface area (TPSA) is 102 Å². The molecule has 30 heavy (non-hydrogen) atoms. The summed E-state index contributed by atoms with van der Waals surface area (Å²) in [5.41, 5.74) is 14.6. The van der Waals surface area contributed by atoms with Gasteiger partial charge in [-0.05, 0) is 35.4 Å². The van der Waals surface area contributed by atoms with E-state index in [4.69, 9.17) is 43.1 Å². The third-order valence-corrected chi connectivity index (χ3v) is 7.01. The first kappa shape index (κ1) is 19.8. The number of nitrogens with one attached hydrogen (secondary N) is 2. The Morgan fingerprint density at radius 2 is 1.87 bits per heavy atom. The van der Waals surface area contributed by atoms with E-state index < -0.39 is 6.23 Å². The van der Waals surface area contributed by atoms with Crippen molar-refractivity contribution in [3.63, 3.8) is 0 Å². The number of rotatable bonds is 2. The van der Waals surface area contributed by atoms with Crippen LogP contribution in [0.3, 0.4) is 0 Å². The van der Waals surface area contributed by atoms with Crippen molar-refractivity contribution in [3.8, 4) is 17.6 Å². The standard InChI is InChI=1S/C20H15BrCl2N4O3/c21-11-5-15-14(28-7-29-15)4-9(11)16-10(6-24)19(25)30-20-17(16)18(26-27-20)8-1-2-12(22)13(23)3-8/h1-5,16-18,20,26-27H,7,25H2. The highest BCUT2D eigenvalue weighted by Crippen LogP contribution is 2.51. The lowest BCUT2D eigenvalue weighted by molar-refractivity contribution is 0.0339. The monoisotopic (exact) mass is 508 g/mol. The van der Waals surface area contributed by atoms with Gasteiger partial charge in [0.25, 0.3) is 0 Å². The van der Waals surface area contributed by atoms with Crippen LogP contribution in [-0.2, 0) is 4.74 Å². The second-order valence-corrected chi connectivity index (χ2v) is 8.82. The van der Waals surface area contributed by atoms with Crippen LogP contribution in [0.4, 0.5) is 0 Å². The highest BCUT2D eigenvalue weighted by atomic mass is 79.9. The van der Waals surface area contributed by atoms with Gasteiger partial charge in [0.15, 0.2) is 17.7 Å². The van der Waals surface area contributed by atoms with E-state index in [0.29, 0.717) is 27.1 Å². The van der Waals surface area contributed by atoms with Crippen LogP contribution in [0.1, 0.15) is 23.1 Å². The Labute approximate surface area is 190 Å². The summed E-state index contributed by atoms with van der Waals surface area (Å²) in [6.45, 7) is 0.156. The molecule has 2 aromatic rings. The van der Waals surface area contributed by atoms with E-state index in [1.165, 1.54) is 0 Å². The summed E-state index contributed by atoms with van der Waals surface area (Å²) in [4.78, 5) is 0. The van der Waals surface area contributed by atoms with Crippen molar-refractivity contribution < 1.29 is 14.2 Å². The molecule has 0 bridgehead atoms. The second kappa shape index (κ2) is 7.52. The van der Waals surface area contributed by atoms with Crippen molar-refractivity contribution in [1.82, 2.24) is 10.9 Å². The quantitative estimate of drug-likeness (QED) is 0.560. The van der Waals surface area contributed by atoms with Gasteiger partial charge in [0.2, 0.25) is 12.7 Å². The summed E-state index contributed by atoms with van der Waals surface area (Å²) >= 11 is 16.0. The van der Waals surface area contributed by atoms with Gasteiger partial charge in [0.05, 0.1) is 21.7 Å². The predicted molar refractivity (Wildman–Crippen MR) is 114 cm³/mol. The van der Waals surface area contributed by atoms with Crippen LogP contribution in [0.2, 0.25) is 10.0 Å². The normalized spacial score (nSPS) is 26.9. The molecule has 4 atom stereocenters. The van der Waals surface area contributed by atoms with Gasteiger partial charge in [0.1, 0.15) is 6.07 Å². The number of hydrogen-bond donors (Lipinski definition) is 3. The van der Waals surface area contributed by atoms with E-state index in [9.17, 15) is 5.26 Å². The molecule has 1 fully saturated rings. The van der Waals surface area contributed by atoms with Gasteiger partial charge in [-0.15, -0.1) is 0 Å². The average Bonchev–Trinajstić information content (AvgIpc) is 3.34. The molecule has 3 aliphatic rings. The fourth-order valence-electron chi connectivity index (χ4n) is 4.23. The summed E-state index contributed by atoms with van der Waals surface area (Å²) in [5, 5.41) is 10.8. The van der Waals surface area contributed by atoms with Crippen LogP contribution in [0.5, 0.6) is 11.5 Å². The number of allylic oxidation sites excluding steroid dienone is 1. The van der Waals surface area contributed by atoms with E-state index in [1.807, 2.05) is 24.3 Å². The molecule has 2 aromatic carbocycles. The molecule has 154 valence electrons. The van der Waals surface area contributed by atoms with Gasteiger partial charge in [-0.1, -0.05) is 45.2 Å². The molecule has 4 unspecified atom stereocenters. The number of hydrazine groups is 1. The molecule has 0 spiro atoms. The minimum Gasteiger partial charge on any atom is -0.458 e. The number of ether oxygens (including phenoxy) is 3. The Morgan fingerprint density at radius 1 is 1.10 bits per heavy atom. The van der Waals surface area contributed by atoms with E-state index in [2.05, 4.69) is 32.9 Å². The van der Waals surface area contributed by atoms with Crippen LogP contribution >= 0.6 is 39.1 Å². The van der Waals surface area contributed by atoms with Crippen LogP contribution in [-0.4, -0.2) is 13.0 Å². The molecule has 0 amide bonds. The van der Waals surface area contributed by atoms with Crippen molar-refractivity contribution >= 4 is 39.1 Å². The van der Waals surface area contributed by atoms with Gasteiger partial charge in [0, 0.05) is 16.3 Å². The lowest BCUT2D eigenvalue weighted by atomic mass is 9.74. The molecule has 3 aliphatic heterocycles. The molecule has 0 aromatic heterocycles. The van der Waals surface area contributed by atoms with Gasteiger partial charge in [-0.25, -0.2) is 10.9 Å². The number of nitriles is 1. The molecule has 4 N–H and O–H groups in total. The zero-order chi connectivity index (χ0) is 21.0. The molecule has 10 heteroatoms. The maximum atomic E-state index is 9.92. The number of benzene rings is 2. The van der Waals surface area contributed by atoms with Crippen molar-refractivity contribution in [2.75, 3.05) is 6.79 Å². The number of nitrogens with two attached hydrogens (primary N) is 1. The summed E-state index contributed by atoms with van der Waals surface area (Å²) in [7, 11) is 0. The molecule has 7 nitrogen and oxygen atoms in total. The van der Waals surface area contributed by atoms with Gasteiger partial charge >= 0.3 is 0 Å². The Morgan fingerprint density at radius 3 is 2.60 bits per heavy atom. The van der Waals surface area contributed by atoms with Crippen LogP contribution in [0.25, 0.3) is 0 Å². The Bertz CT molecular complexity index is 1120. The maximum absolute atomic E-state index is 9.92. The minimum absolute atomic E-state index is 0.0948. The Hall–Kier alpha value is -2.15. The van der Waals surface area contributed by atoms with Crippen molar-refractivity contribution in [1.29, 1.82) is 5.26 Å². The highest BCUT2D eigenvalue weighted by Gasteiger charge is 2.50. The van der Waals surface area contributed by atoms with Crippen molar-refractivity contribution in [2.24, 2.45) is 11.7 Å². The lowest BCUT2D eigenvalue weighted by Crippen LogP contribution is -2.41. The zero-order valence-corrected chi connectivity index (χ0v) is 18.4. The third kappa shape index (κ3) is 3.09. The molecule has 0 radical (unpaired) electrons. The molecular weight excluding hydrogens is 495 g/mol. The summed E-state index contributed by atoms with van der Waals surface area (Å²) in [6, 6.07) is 11.2. The fraction of sp³-hybridized carbons (Fsp3) is 0.250. The first-order chi connectivity index (χ1) is 14.5. The zero-order valence-electron chi connectivity index (χ0n) is 15.3. The number of fused-ring (bicyclic) bond motifs is 2. The number of nitrogens with zero attached hydrogens (tertiary/aromatic N) is 1. The Kier molecular flexibility index (Phi) is 4.96. The van der Waals surface area contributed by atoms with Gasteiger partial charge in [-0.2, -0.15) is 5.26 Å². The summed E-state index contributed by atoms with van der Waals surface area (Å²) < 4.78 is 17.7. The second-order valence-electron chi connectivity index (χ2n) is 7.15. The average molecular weight is 510 g/mol. The van der Waals surface area contributed by atoms with Crippen molar-refractivity contribution in [3.05, 3.63) is 67.4 Å². The highest BCUT2D eigenvalue weighted by molar-refractivity contribution is 9.10. The number of hydrogen-bond acceptors (Lipinski definition) is 7. The molecule has 0 aliphatic carbocycles. The van der Waals surface area contributed by atoms with Gasteiger partial charge < -0.3 is 19.9 Å². The fourth-order valence-corrected chi connectivity index (χ4v) is 5.11. The SMILES string of the molecule is N#CC1=C(N)OC2NNC(c3ccc(Cl)c(Cl)c3)C2C1c1cc2c(cc1Br)OCO2. The minimum atomic E-state index is -0.455. The molecule has 0 saturated carbocycles.